The summed E-state index contributed by atoms with van der Waals surface area (Å²) in [6.45, 7) is 9.17. The molecule has 0 bridgehead atoms. The average Bonchev–Trinajstić information content (AvgIpc) is 2.76. The molecule has 0 aromatic heterocycles. The molecule has 0 spiro atoms. The first-order chi connectivity index (χ1) is 9.51. The molecule has 1 rings (SSSR count). The van der Waals surface area contributed by atoms with Crippen LogP contribution in [-0.2, 0) is 13.6 Å². The number of thioether (sulfide) groups is 1. The van der Waals surface area contributed by atoms with Crippen LogP contribution in [0.3, 0.4) is 0 Å². The Morgan fingerprint density at radius 3 is 2.55 bits per heavy atom. The zero-order chi connectivity index (χ0) is 15.0. The highest BCUT2D eigenvalue weighted by molar-refractivity contribution is 8.15. The van der Waals surface area contributed by atoms with Crippen LogP contribution < -0.4 is 0 Å². The second-order valence-electron chi connectivity index (χ2n) is 5.81. The maximum absolute atomic E-state index is 12.1. The van der Waals surface area contributed by atoms with Crippen molar-refractivity contribution in [2.75, 3.05) is 6.61 Å². The molecular weight excluding hydrogens is 288 g/mol. The Morgan fingerprint density at radius 1 is 1.30 bits per heavy atom. The third-order valence-corrected chi connectivity index (χ3v) is 9.66. The van der Waals surface area contributed by atoms with E-state index in [1.807, 2.05) is 6.92 Å². The third-order valence-electron chi connectivity index (χ3n) is 3.75. The van der Waals surface area contributed by atoms with E-state index < -0.39 is 8.56 Å². The Balaban J connectivity index is 2.31. The minimum absolute atomic E-state index is 0.186. The maximum atomic E-state index is 12.1. The Morgan fingerprint density at radius 2 is 2.00 bits per heavy atom. The van der Waals surface area contributed by atoms with Crippen molar-refractivity contribution >= 4 is 25.4 Å². The van der Waals surface area contributed by atoms with Crippen molar-refractivity contribution in [3.63, 3.8) is 0 Å². The van der Waals surface area contributed by atoms with Crippen LogP contribution in [0.4, 0.5) is 0 Å². The zero-order valence-corrected chi connectivity index (χ0v) is 15.3. The fraction of sp³-hybridized carbons (Fsp3) is 0.933. The van der Waals surface area contributed by atoms with Crippen molar-refractivity contribution in [1.29, 1.82) is 0 Å². The summed E-state index contributed by atoms with van der Waals surface area (Å²) < 4.78 is 11.9. The minimum Gasteiger partial charge on any atom is -0.391 e. The lowest BCUT2D eigenvalue weighted by atomic mass is 10.1. The van der Waals surface area contributed by atoms with Gasteiger partial charge in [0, 0.05) is 6.42 Å². The maximum Gasteiger partial charge on any atom is 0.349 e. The van der Waals surface area contributed by atoms with Crippen molar-refractivity contribution < 1.29 is 13.6 Å². The number of hydrogen-bond donors (Lipinski definition) is 0. The summed E-state index contributed by atoms with van der Waals surface area (Å²) in [5.41, 5.74) is 0. The van der Waals surface area contributed by atoms with E-state index in [9.17, 15) is 4.79 Å². The van der Waals surface area contributed by atoms with Crippen molar-refractivity contribution in [1.82, 2.24) is 0 Å². The Bertz CT molecular complexity index is 301. The molecule has 0 aromatic rings. The first-order valence-corrected chi connectivity index (χ1v) is 11.3. The Labute approximate surface area is 129 Å². The third kappa shape index (κ3) is 5.88. The van der Waals surface area contributed by atoms with Crippen LogP contribution in [0, 0.1) is 0 Å². The average molecular weight is 319 g/mol. The van der Waals surface area contributed by atoms with Gasteiger partial charge in [-0.05, 0) is 26.3 Å². The number of hydrogen-bond acceptors (Lipinski definition) is 4. The molecular formula is C15H30O3SSi. The second-order valence-corrected chi connectivity index (χ2v) is 10.7. The zero-order valence-electron chi connectivity index (χ0n) is 13.4. The molecule has 20 heavy (non-hydrogen) atoms. The van der Waals surface area contributed by atoms with E-state index in [4.69, 9.17) is 8.85 Å². The van der Waals surface area contributed by atoms with Crippen molar-refractivity contribution in [2.45, 2.75) is 83.2 Å². The van der Waals surface area contributed by atoms with Crippen LogP contribution in [0.15, 0.2) is 0 Å². The first-order valence-electron chi connectivity index (χ1n) is 8.03. The molecule has 0 radical (unpaired) electrons. The van der Waals surface area contributed by atoms with Crippen molar-refractivity contribution in [2.24, 2.45) is 0 Å². The summed E-state index contributed by atoms with van der Waals surface area (Å²) in [6, 6.07) is 0. The van der Waals surface area contributed by atoms with Gasteiger partial charge in [0.2, 0.25) is 0 Å². The van der Waals surface area contributed by atoms with E-state index in [0.717, 1.165) is 12.8 Å². The van der Waals surface area contributed by atoms with E-state index in [0.29, 0.717) is 18.1 Å². The summed E-state index contributed by atoms with van der Waals surface area (Å²) in [6.07, 6.45) is 7.81. The summed E-state index contributed by atoms with van der Waals surface area (Å²) in [5, 5.41) is 0.314. The van der Waals surface area contributed by atoms with E-state index >= 15 is 0 Å². The molecule has 3 nitrogen and oxygen atoms in total. The minimum atomic E-state index is -2.16. The van der Waals surface area contributed by atoms with Gasteiger partial charge in [-0.2, -0.15) is 0 Å². The van der Waals surface area contributed by atoms with E-state index in [1.165, 1.54) is 37.4 Å². The van der Waals surface area contributed by atoms with Gasteiger partial charge in [0.1, 0.15) is 0 Å². The number of carbonyl (C=O) groups excluding carboxylic acids is 1. The standard InChI is InChI=1S/C15H30O3SSi/c1-5-7-8-9-10-11-14(16)19-15(6-2)20(4)17-12-13(3)18-20/h13,15H,5-12H2,1-4H3. The predicted molar refractivity (Wildman–Crippen MR) is 88.2 cm³/mol. The van der Waals surface area contributed by atoms with Crippen LogP contribution in [0.5, 0.6) is 0 Å². The van der Waals surface area contributed by atoms with Gasteiger partial charge in [-0.25, -0.2) is 0 Å². The molecule has 0 amide bonds. The monoisotopic (exact) mass is 318 g/mol. The smallest absolute Gasteiger partial charge is 0.349 e. The highest BCUT2D eigenvalue weighted by atomic mass is 32.2. The number of carbonyl (C=O) groups is 1. The van der Waals surface area contributed by atoms with Gasteiger partial charge >= 0.3 is 8.56 Å². The lowest BCUT2D eigenvalue weighted by Gasteiger charge is -2.27. The van der Waals surface area contributed by atoms with Gasteiger partial charge < -0.3 is 8.85 Å². The fourth-order valence-electron chi connectivity index (χ4n) is 2.57. The van der Waals surface area contributed by atoms with Crippen molar-refractivity contribution in [3.05, 3.63) is 0 Å². The molecule has 1 aliphatic rings. The fourth-order valence-corrected chi connectivity index (χ4v) is 7.52. The van der Waals surface area contributed by atoms with E-state index in [-0.39, 0.29) is 11.0 Å². The highest BCUT2D eigenvalue weighted by Crippen LogP contribution is 2.33. The Kier molecular flexibility index (Phi) is 8.40. The van der Waals surface area contributed by atoms with E-state index in [1.54, 1.807) is 0 Å². The summed E-state index contributed by atoms with van der Waals surface area (Å²) >= 11 is 1.48. The van der Waals surface area contributed by atoms with Gasteiger partial charge in [0.15, 0.2) is 5.12 Å². The normalized spacial score (nSPS) is 27.7. The molecule has 0 N–H and O–H groups in total. The molecule has 0 saturated carbocycles. The second kappa shape index (κ2) is 9.23. The molecule has 1 fully saturated rings. The quantitative estimate of drug-likeness (QED) is 0.465. The highest BCUT2D eigenvalue weighted by Gasteiger charge is 2.47. The number of rotatable bonds is 9. The summed E-state index contributed by atoms with van der Waals surface area (Å²) in [5.74, 6) is 0. The lowest BCUT2D eigenvalue weighted by molar-refractivity contribution is -0.111. The van der Waals surface area contributed by atoms with Crippen LogP contribution >= 0.6 is 11.8 Å². The predicted octanol–water partition coefficient (Wildman–Crippen LogP) is 4.43. The molecule has 0 aromatic carbocycles. The SMILES string of the molecule is CCCCCCCC(=O)SC(CC)[Si]1(C)OCC(C)O1. The van der Waals surface area contributed by atoms with Crippen LogP contribution in [0.25, 0.3) is 0 Å². The topological polar surface area (TPSA) is 35.5 Å². The molecule has 3 unspecified atom stereocenters. The van der Waals surface area contributed by atoms with Gasteiger partial charge in [0.05, 0.1) is 17.6 Å². The summed E-state index contributed by atoms with van der Waals surface area (Å²) in [4.78, 5) is 12.3. The molecule has 3 atom stereocenters. The molecule has 118 valence electrons. The molecule has 1 aliphatic heterocycles. The van der Waals surface area contributed by atoms with Crippen LogP contribution in [0.2, 0.25) is 6.55 Å². The molecule has 1 saturated heterocycles. The van der Waals surface area contributed by atoms with Gasteiger partial charge in [-0.3, -0.25) is 4.79 Å². The largest absolute Gasteiger partial charge is 0.391 e. The molecule has 0 aliphatic carbocycles. The molecule has 5 heteroatoms. The lowest BCUT2D eigenvalue weighted by Crippen LogP contribution is -2.45. The van der Waals surface area contributed by atoms with Gasteiger partial charge in [0.25, 0.3) is 0 Å². The van der Waals surface area contributed by atoms with Crippen molar-refractivity contribution in [3.8, 4) is 0 Å². The van der Waals surface area contributed by atoms with E-state index in [2.05, 4.69) is 20.4 Å². The van der Waals surface area contributed by atoms with Crippen LogP contribution in [0.1, 0.15) is 65.7 Å². The number of unbranched alkanes of at least 4 members (excludes halogenated alkanes) is 4. The summed E-state index contributed by atoms with van der Waals surface area (Å²) in [7, 11) is -2.16. The molecule has 1 heterocycles. The van der Waals surface area contributed by atoms with Crippen LogP contribution in [-0.4, -0.2) is 31.3 Å². The van der Waals surface area contributed by atoms with Gasteiger partial charge in [-0.1, -0.05) is 51.3 Å². The first kappa shape index (κ1) is 18.2. The Hall–Kier alpha value is 0.157. The van der Waals surface area contributed by atoms with Gasteiger partial charge in [-0.15, -0.1) is 0 Å².